The Kier molecular flexibility index (Phi) is 6.41. The van der Waals surface area contributed by atoms with E-state index in [-0.39, 0.29) is 10.6 Å². The molecule has 3 rings (SSSR count). The molecule has 1 amide bonds. The molecule has 27 heavy (non-hydrogen) atoms. The molecule has 0 spiro atoms. The van der Waals surface area contributed by atoms with E-state index >= 15 is 0 Å². The van der Waals surface area contributed by atoms with E-state index in [1.54, 1.807) is 18.1 Å². The first-order valence-electron chi connectivity index (χ1n) is 8.54. The van der Waals surface area contributed by atoms with Crippen LogP contribution in [-0.4, -0.2) is 67.5 Å². The summed E-state index contributed by atoms with van der Waals surface area (Å²) in [6.07, 6.45) is 0. The molecule has 9 heteroatoms. The van der Waals surface area contributed by atoms with Gasteiger partial charge in [0, 0.05) is 39.4 Å². The molecular weight excluding hydrogens is 375 g/mol. The van der Waals surface area contributed by atoms with E-state index in [2.05, 4.69) is 10.2 Å². The summed E-state index contributed by atoms with van der Waals surface area (Å²) >= 11 is 5.99. The summed E-state index contributed by atoms with van der Waals surface area (Å²) in [5.74, 6) is 0.125. The van der Waals surface area contributed by atoms with Crippen LogP contribution >= 0.6 is 11.6 Å². The van der Waals surface area contributed by atoms with Gasteiger partial charge in [0.05, 0.1) is 17.2 Å². The first kappa shape index (κ1) is 19.3. The number of hydrogen-bond acceptors (Lipinski definition) is 6. The SMILES string of the molecule is COCCOc1ccc(N2CCN(C(=O)c3c(F)cccc3Cl)CC2)nn1. The largest absolute Gasteiger partial charge is 0.474 e. The third-order valence-electron chi connectivity index (χ3n) is 4.23. The Morgan fingerprint density at radius 3 is 2.56 bits per heavy atom. The molecular formula is C18H20ClFN4O3. The molecule has 0 aliphatic carbocycles. The third-order valence-corrected chi connectivity index (χ3v) is 4.55. The maximum atomic E-state index is 14.0. The van der Waals surface area contributed by atoms with Crippen molar-refractivity contribution < 1.29 is 18.7 Å². The average molecular weight is 395 g/mol. The number of aromatic nitrogens is 2. The van der Waals surface area contributed by atoms with E-state index in [4.69, 9.17) is 21.1 Å². The number of benzene rings is 1. The Morgan fingerprint density at radius 1 is 1.15 bits per heavy atom. The minimum absolute atomic E-state index is 0.0787. The molecule has 0 N–H and O–H groups in total. The van der Waals surface area contributed by atoms with Gasteiger partial charge in [0.2, 0.25) is 5.88 Å². The third kappa shape index (κ3) is 4.64. The number of rotatable bonds is 6. The van der Waals surface area contributed by atoms with Crippen molar-refractivity contribution in [2.75, 3.05) is 51.4 Å². The van der Waals surface area contributed by atoms with Crippen LogP contribution in [0.1, 0.15) is 10.4 Å². The van der Waals surface area contributed by atoms with Crippen molar-refractivity contribution in [3.63, 3.8) is 0 Å². The Labute approximate surface area is 161 Å². The maximum absolute atomic E-state index is 14.0. The van der Waals surface area contributed by atoms with Gasteiger partial charge in [0.1, 0.15) is 12.4 Å². The van der Waals surface area contributed by atoms with Gasteiger partial charge in [0.25, 0.3) is 5.91 Å². The van der Waals surface area contributed by atoms with Crippen LogP contribution in [0.3, 0.4) is 0 Å². The van der Waals surface area contributed by atoms with Crippen molar-refractivity contribution in [2.45, 2.75) is 0 Å². The van der Waals surface area contributed by atoms with Crippen LogP contribution in [0.4, 0.5) is 10.2 Å². The fourth-order valence-electron chi connectivity index (χ4n) is 2.79. The van der Waals surface area contributed by atoms with Crippen molar-refractivity contribution >= 4 is 23.3 Å². The number of amides is 1. The van der Waals surface area contributed by atoms with E-state index < -0.39 is 11.7 Å². The van der Waals surface area contributed by atoms with Crippen molar-refractivity contribution in [1.82, 2.24) is 15.1 Å². The van der Waals surface area contributed by atoms with Gasteiger partial charge in [0.15, 0.2) is 5.82 Å². The number of nitrogens with zero attached hydrogens (tertiary/aromatic N) is 4. The van der Waals surface area contributed by atoms with Crippen LogP contribution in [0, 0.1) is 5.82 Å². The number of anilines is 1. The summed E-state index contributed by atoms with van der Waals surface area (Å²) in [7, 11) is 1.60. The molecule has 144 valence electrons. The molecule has 7 nitrogen and oxygen atoms in total. The minimum atomic E-state index is -0.607. The molecule has 1 aliphatic heterocycles. The van der Waals surface area contributed by atoms with Crippen molar-refractivity contribution in [1.29, 1.82) is 0 Å². The first-order valence-corrected chi connectivity index (χ1v) is 8.91. The number of halogens is 2. The molecule has 2 aromatic rings. The summed E-state index contributed by atoms with van der Waals surface area (Å²) in [6, 6.07) is 7.80. The van der Waals surface area contributed by atoms with E-state index in [9.17, 15) is 9.18 Å². The summed E-state index contributed by atoms with van der Waals surface area (Å²) in [6.45, 7) is 2.90. The van der Waals surface area contributed by atoms with Crippen molar-refractivity contribution in [3.05, 3.63) is 46.7 Å². The number of ether oxygens (including phenoxy) is 2. The monoisotopic (exact) mass is 394 g/mol. The van der Waals surface area contributed by atoms with Gasteiger partial charge in [-0.3, -0.25) is 4.79 Å². The van der Waals surface area contributed by atoms with Crippen LogP contribution in [-0.2, 0) is 4.74 Å². The van der Waals surface area contributed by atoms with Gasteiger partial charge in [-0.2, -0.15) is 0 Å². The molecule has 0 unspecified atom stereocenters. The smallest absolute Gasteiger partial charge is 0.258 e. The van der Waals surface area contributed by atoms with Gasteiger partial charge < -0.3 is 19.3 Å². The maximum Gasteiger partial charge on any atom is 0.258 e. The average Bonchev–Trinajstić information content (AvgIpc) is 2.69. The first-order chi connectivity index (χ1) is 13.1. The summed E-state index contributed by atoms with van der Waals surface area (Å²) in [5.41, 5.74) is -0.0787. The highest BCUT2D eigenvalue weighted by atomic mass is 35.5. The van der Waals surface area contributed by atoms with E-state index in [0.29, 0.717) is 51.1 Å². The second kappa shape index (κ2) is 8.96. The predicted molar refractivity (Wildman–Crippen MR) is 98.9 cm³/mol. The Hall–Kier alpha value is -2.45. The topological polar surface area (TPSA) is 67.8 Å². The normalized spacial score (nSPS) is 14.3. The lowest BCUT2D eigenvalue weighted by atomic mass is 10.1. The minimum Gasteiger partial charge on any atom is -0.474 e. The highest BCUT2D eigenvalue weighted by Gasteiger charge is 2.26. The van der Waals surface area contributed by atoms with Crippen LogP contribution in [0.15, 0.2) is 30.3 Å². The van der Waals surface area contributed by atoms with Gasteiger partial charge in [-0.1, -0.05) is 17.7 Å². The van der Waals surface area contributed by atoms with Crippen LogP contribution in [0.25, 0.3) is 0 Å². The highest BCUT2D eigenvalue weighted by molar-refractivity contribution is 6.33. The zero-order chi connectivity index (χ0) is 19.2. The van der Waals surface area contributed by atoms with Gasteiger partial charge in [-0.15, -0.1) is 10.2 Å². The molecule has 1 aromatic carbocycles. The summed E-state index contributed by atoms with van der Waals surface area (Å²) < 4.78 is 24.3. The Bertz CT molecular complexity index is 762. The molecule has 1 aliphatic rings. The van der Waals surface area contributed by atoms with E-state index in [1.165, 1.54) is 18.2 Å². The second-order valence-corrected chi connectivity index (χ2v) is 6.35. The number of methoxy groups -OCH3 is 1. The molecule has 2 heterocycles. The van der Waals surface area contributed by atoms with Crippen molar-refractivity contribution in [3.8, 4) is 5.88 Å². The van der Waals surface area contributed by atoms with Crippen molar-refractivity contribution in [2.24, 2.45) is 0 Å². The molecule has 0 bridgehead atoms. The molecule has 0 radical (unpaired) electrons. The fraction of sp³-hybridized carbons (Fsp3) is 0.389. The summed E-state index contributed by atoms with van der Waals surface area (Å²) in [5, 5.41) is 8.32. The second-order valence-electron chi connectivity index (χ2n) is 5.95. The van der Waals surface area contributed by atoms with E-state index in [1.807, 2.05) is 11.0 Å². The number of piperazine rings is 1. The van der Waals surface area contributed by atoms with Gasteiger partial charge in [-0.05, 0) is 18.2 Å². The quantitative estimate of drug-likeness (QED) is 0.700. The lowest BCUT2D eigenvalue weighted by Gasteiger charge is -2.35. The molecule has 0 saturated carbocycles. The molecule has 1 saturated heterocycles. The molecule has 1 fully saturated rings. The number of hydrogen-bond donors (Lipinski definition) is 0. The Balaban J connectivity index is 1.58. The zero-order valence-corrected chi connectivity index (χ0v) is 15.7. The lowest BCUT2D eigenvalue weighted by molar-refractivity contribution is 0.0742. The van der Waals surface area contributed by atoms with Crippen LogP contribution in [0.5, 0.6) is 5.88 Å². The number of carbonyl (C=O) groups excluding carboxylic acids is 1. The molecule has 0 atom stereocenters. The van der Waals surface area contributed by atoms with E-state index in [0.717, 1.165) is 0 Å². The standard InChI is InChI=1S/C18H20ClFN4O3/c1-26-11-12-27-16-6-5-15(21-22-16)23-7-9-24(10-8-23)18(25)17-13(19)3-2-4-14(17)20/h2-6H,7-12H2,1H3. The van der Waals surface area contributed by atoms with Crippen LogP contribution in [0.2, 0.25) is 5.02 Å². The number of carbonyl (C=O) groups is 1. The van der Waals surface area contributed by atoms with Gasteiger partial charge in [-0.25, -0.2) is 4.39 Å². The Morgan fingerprint density at radius 2 is 1.93 bits per heavy atom. The van der Waals surface area contributed by atoms with Gasteiger partial charge >= 0.3 is 0 Å². The van der Waals surface area contributed by atoms with Crippen LogP contribution < -0.4 is 9.64 Å². The summed E-state index contributed by atoms with van der Waals surface area (Å²) in [4.78, 5) is 16.2. The highest BCUT2D eigenvalue weighted by Crippen LogP contribution is 2.22. The molecule has 1 aromatic heterocycles. The fourth-order valence-corrected chi connectivity index (χ4v) is 3.03. The zero-order valence-electron chi connectivity index (χ0n) is 14.9. The predicted octanol–water partition coefficient (Wildman–Crippen LogP) is 2.26. The lowest BCUT2D eigenvalue weighted by Crippen LogP contribution is -2.49.